The quantitative estimate of drug-likeness (QED) is 0.0257. The van der Waals surface area contributed by atoms with E-state index in [0.717, 1.165) is 0 Å². The van der Waals surface area contributed by atoms with Gasteiger partial charge in [0, 0.05) is 42.4 Å². The van der Waals surface area contributed by atoms with E-state index in [1.54, 1.807) is 0 Å². The Morgan fingerprint density at radius 3 is 1.09 bits per heavy atom. The Kier molecular flexibility index (Phi) is 38.9. The van der Waals surface area contributed by atoms with E-state index in [2.05, 4.69) is 21.2 Å². The predicted molar refractivity (Wildman–Crippen MR) is 433 cm³/mol. The summed E-state index contributed by atoms with van der Waals surface area (Å²) < 4.78 is 127. The Labute approximate surface area is 786 Å². The van der Waals surface area contributed by atoms with Gasteiger partial charge in [0.05, 0.1) is 138 Å². The Bertz CT molecular complexity index is 3800. The highest BCUT2D eigenvalue weighted by atomic mass is 79.9. The molecule has 11 aliphatic heterocycles. The average Bonchev–Trinajstić information content (AvgIpc) is 1.57. The molecule has 0 radical (unpaired) electrons. The van der Waals surface area contributed by atoms with Gasteiger partial charge in [-0.3, -0.25) is 14.4 Å². The lowest BCUT2D eigenvalue weighted by molar-refractivity contribution is -0.402. The number of nitrogens with two attached hydrogens (primary N) is 4. The van der Waals surface area contributed by atoms with Crippen molar-refractivity contribution in [1.82, 2.24) is 5.32 Å². The highest BCUT2D eigenvalue weighted by Crippen LogP contribution is 2.47. The molecule has 1 saturated carbocycles. The van der Waals surface area contributed by atoms with Crippen molar-refractivity contribution in [1.29, 1.82) is 0 Å². The normalized spacial score (nSPS) is 51.6. The van der Waals surface area contributed by atoms with Crippen LogP contribution in [0.15, 0.2) is 0 Å². The van der Waals surface area contributed by atoms with Crippen molar-refractivity contribution in [2.45, 2.75) is 365 Å². The van der Waals surface area contributed by atoms with Gasteiger partial charge in [0.25, 0.3) is 23.4 Å². The number of hydrogen-bond donors (Lipinski definition) is 34. The van der Waals surface area contributed by atoms with E-state index in [4.69, 9.17) is 122 Å². The number of primary amides is 2. The zero-order valence-electron chi connectivity index (χ0n) is 74.0. The van der Waals surface area contributed by atoms with Gasteiger partial charge < -0.3 is 276 Å². The summed E-state index contributed by atoms with van der Waals surface area (Å²) in [7, 11) is 0. The molecule has 38 N–H and O–H groups in total. The fourth-order valence-electron chi connectivity index (χ4n) is 18.6. The minimum absolute atomic E-state index is 0.166. The molecule has 137 heavy (non-hydrogen) atoms. The number of amides is 3. The van der Waals surface area contributed by atoms with Crippen molar-refractivity contribution < 1.29 is 262 Å². The second-order valence-electron chi connectivity index (χ2n) is 36.6. The number of halogens is 1. The highest BCUT2D eigenvalue weighted by molar-refractivity contribution is 9.09. The molecular weight excluding hydrogens is 1930 g/mol. The van der Waals surface area contributed by atoms with Crippen LogP contribution in [0.3, 0.4) is 0 Å². The molecule has 1 aliphatic carbocycles. The van der Waals surface area contributed by atoms with Crippen LogP contribution >= 0.6 is 15.9 Å². The molecule has 11 saturated heterocycles. The molecule has 794 valence electrons. The lowest BCUT2D eigenvalue weighted by Gasteiger charge is -2.51. The fourth-order valence-corrected chi connectivity index (χ4v) is 18.8. The molecule has 12 aliphatic rings. The Morgan fingerprint density at radius 2 is 0.693 bits per heavy atom. The van der Waals surface area contributed by atoms with Gasteiger partial charge in [0.2, 0.25) is 5.91 Å². The van der Waals surface area contributed by atoms with E-state index in [9.17, 15) is 162 Å². The maximum Gasteiger partial charge on any atom is 0.277 e. The smallest absolute Gasteiger partial charge is 0.277 e. The maximum atomic E-state index is 13.1. The molecule has 59 heteroatoms. The number of alkyl halides is 1. The van der Waals surface area contributed by atoms with Crippen LogP contribution < -0.4 is 28.3 Å². The minimum Gasteiger partial charge on any atom is -0.394 e. The Morgan fingerprint density at radius 1 is 0.358 bits per heavy atom. The first-order valence-electron chi connectivity index (χ1n) is 44.6. The molecular formula is C78H132BrN5O53. The van der Waals surface area contributed by atoms with E-state index < -0.39 is 451 Å². The standard InChI is InChI=1S/C78H132BrN5O53/c1-18-38(96)57(27(11-88)120-66(18)84-34(95)7-79)129-67-19(2)39(97)60(30(14-91)123-67)132-72-56(114)63(133-74-65(53(111)44(102)26(10-87)122-74)135-69-21(4)41(99)59(29(13-90)125-69)131-70-54(112)50(108)45(103)32(127-70)16-118-77(75(82)115)5-22(92)36(80)61(136-77)35-48(106)49(35)107)47(105)31(126-72)15-117-73-64(52(110)43(101)25(9-86)121-73)134-68-20(3)40(98)58(28(12-89)124-68)130-71-55(113)51(109)46(104)33(128-71)17-119-78(76(83)116)6-23(93)37(81)62(137-78)42(100)24(94)8-85/h18-33,35-74,85-94,96-114H,5-17,80-81H2,1-4H3,(H2,82,115)(H2,83,116)(H,84,95)/t18-,19-,20?,21-,22+,23+,24?,25?,26+,27?,28-,29?,30?,31?,32?,33?,35?,36+,37+,38?,39?,40?,41?,42+,43+,44+,45-,46-,47+,48?,49?,50?,51?,52?,53?,54-,55-,56+,57+,58+,59+,60+,61?,62?,63?,64+,65?,66+,67-,68-,69-,70-,71-,72-,73-,74+,77+,78+/m0/s1. The summed E-state index contributed by atoms with van der Waals surface area (Å²) in [5, 5.41) is 328. The van der Waals surface area contributed by atoms with Crippen molar-refractivity contribution in [3.05, 3.63) is 0 Å². The zero-order chi connectivity index (χ0) is 101. The van der Waals surface area contributed by atoms with E-state index in [1.165, 1.54) is 27.7 Å². The van der Waals surface area contributed by atoms with E-state index in [-0.39, 0.29) is 5.33 Å². The van der Waals surface area contributed by atoms with Gasteiger partial charge in [-0.25, -0.2) is 0 Å². The number of ether oxygens (including phenoxy) is 21. The van der Waals surface area contributed by atoms with E-state index >= 15 is 0 Å². The van der Waals surface area contributed by atoms with Gasteiger partial charge in [-0.15, -0.1) is 0 Å². The minimum atomic E-state index is -2.74. The monoisotopic (exact) mass is 2070 g/mol. The van der Waals surface area contributed by atoms with Gasteiger partial charge in [-0.1, -0.05) is 43.6 Å². The fraction of sp³-hybridized carbons (Fsp3) is 0.962. The number of carbonyl (C=O) groups excluding carboxylic acids is 3. The molecule has 3 amide bonds. The summed E-state index contributed by atoms with van der Waals surface area (Å²) in [6, 6.07) is -2.83. The molecule has 12 rings (SSSR count). The van der Waals surface area contributed by atoms with Crippen LogP contribution in [0.25, 0.3) is 0 Å². The first kappa shape index (κ1) is 113. The zero-order valence-corrected chi connectivity index (χ0v) is 75.6. The van der Waals surface area contributed by atoms with Crippen molar-refractivity contribution in [3.8, 4) is 0 Å². The molecule has 58 nitrogen and oxygen atoms in total. The van der Waals surface area contributed by atoms with Crippen LogP contribution in [-0.4, -0.2) is 562 Å². The summed E-state index contributed by atoms with van der Waals surface area (Å²) in [6.07, 6.45) is -96.8. The number of hydrogen-bond acceptors (Lipinski definition) is 55. The largest absolute Gasteiger partial charge is 0.394 e. The van der Waals surface area contributed by atoms with Crippen molar-refractivity contribution in [3.63, 3.8) is 0 Å². The van der Waals surface area contributed by atoms with Crippen LogP contribution in [0.1, 0.15) is 40.5 Å². The molecule has 0 aromatic carbocycles. The maximum absolute atomic E-state index is 13.1. The van der Waals surface area contributed by atoms with Crippen molar-refractivity contribution in [2.75, 3.05) is 71.4 Å². The number of carbonyl (C=O) groups is 3. The molecule has 0 aromatic rings. The third-order valence-corrected chi connectivity index (χ3v) is 28.0. The first-order chi connectivity index (χ1) is 64.7. The summed E-state index contributed by atoms with van der Waals surface area (Å²) in [4.78, 5) is 38.6. The van der Waals surface area contributed by atoms with Gasteiger partial charge in [0.1, 0.15) is 195 Å². The van der Waals surface area contributed by atoms with Crippen LogP contribution in [0.4, 0.5) is 0 Å². The summed E-state index contributed by atoms with van der Waals surface area (Å²) in [5.74, 6) is -15.0. The number of nitrogens with one attached hydrogen (secondary N) is 1. The molecule has 0 bridgehead atoms. The summed E-state index contributed by atoms with van der Waals surface area (Å²) >= 11 is 3.03. The Balaban J connectivity index is 0.781. The van der Waals surface area contributed by atoms with Crippen LogP contribution in [0.5, 0.6) is 0 Å². The second kappa shape index (κ2) is 47.3. The van der Waals surface area contributed by atoms with Gasteiger partial charge in [-0.2, -0.15) is 0 Å². The average molecular weight is 2070 g/mol. The Hall–Kier alpha value is -3.19. The molecule has 12 fully saturated rings. The molecule has 11 heterocycles. The molecule has 57 atom stereocenters. The molecule has 0 aromatic heterocycles. The lowest BCUT2D eigenvalue weighted by atomic mass is 9.89. The van der Waals surface area contributed by atoms with Gasteiger partial charge in [-0.05, 0) is 0 Å². The van der Waals surface area contributed by atoms with Gasteiger partial charge >= 0.3 is 0 Å². The lowest BCUT2D eigenvalue weighted by Crippen LogP contribution is -2.68. The second-order valence-corrected chi connectivity index (χ2v) is 37.1. The van der Waals surface area contributed by atoms with Crippen LogP contribution in [0.2, 0.25) is 0 Å². The third-order valence-electron chi connectivity index (χ3n) is 27.5. The van der Waals surface area contributed by atoms with Crippen LogP contribution in [0, 0.1) is 29.6 Å². The van der Waals surface area contributed by atoms with Crippen LogP contribution in [-0.2, 0) is 114 Å². The van der Waals surface area contributed by atoms with Crippen molar-refractivity contribution in [2.24, 2.45) is 52.5 Å². The topological polar surface area (TPSA) is 948 Å². The van der Waals surface area contributed by atoms with E-state index in [1.807, 2.05) is 0 Å². The highest BCUT2D eigenvalue weighted by Gasteiger charge is 2.65. The number of rotatable bonds is 37. The van der Waals surface area contributed by atoms with Crippen molar-refractivity contribution >= 4 is 33.7 Å². The third kappa shape index (κ3) is 23.4. The summed E-state index contributed by atoms with van der Waals surface area (Å²) in [5.41, 5.74) is 23.5. The predicted octanol–water partition coefficient (Wildman–Crippen LogP) is -21.6. The first-order valence-corrected chi connectivity index (χ1v) is 45.7. The van der Waals surface area contributed by atoms with Gasteiger partial charge in [0.15, 0.2) is 50.3 Å². The number of aliphatic hydroxyl groups is 29. The number of aliphatic hydroxyl groups excluding tert-OH is 29. The SMILES string of the molecule is CC1C(O)[C@H](O[C@@H]2OC(CO[C@]3(C(N)=O)C[C@@H](O)[C@@H](N)C([C@H](O)C(O)CO)O3)[C@H](O)C(O)[C@@H]2O)[C@H](CO)O[C@H]1O[C@@H]1C(O)[C@H](O)C(CO)O[C@@H]1OCC1O[C@@H](O[C@@H]2C(CO)O[C@@H](O[C@@H]3C(CO)O[C@@H](NC(=O)CBr)[C@@H](C)C3O)[C@@H](C)C2O)[C@H](O)C(O[C@H]2O[C@H](CO)[C@@H](O)C(O)C2O[C@@H]2OC(CO)[C@@H](O[C@@H]3OC(CO[C@]4(C(N)=O)C[C@@H](O)[C@@H](N)C(C5C(O)C5O)O4)[C@H](O)C(O)[C@@H]3O)C(O)[C@@H]2C)[C@@H]1O. The molecule has 0 spiro atoms. The summed E-state index contributed by atoms with van der Waals surface area (Å²) in [6.45, 7) is -5.27. The van der Waals surface area contributed by atoms with E-state index in [0.29, 0.717) is 0 Å². The molecule has 23 unspecified atom stereocenters.